The minimum Gasteiger partial charge on any atom is -0.492 e. The highest BCUT2D eigenvalue weighted by molar-refractivity contribution is 5.98. The van der Waals surface area contributed by atoms with Crippen molar-refractivity contribution in [2.75, 3.05) is 38.6 Å². The van der Waals surface area contributed by atoms with Gasteiger partial charge in [0.05, 0.1) is 6.04 Å². The van der Waals surface area contributed by atoms with Crippen molar-refractivity contribution in [3.05, 3.63) is 60.2 Å². The lowest BCUT2D eigenvalue weighted by atomic mass is 10.1. The molecule has 156 valence electrons. The molecule has 0 spiro atoms. The van der Waals surface area contributed by atoms with E-state index in [0.29, 0.717) is 37.5 Å². The van der Waals surface area contributed by atoms with Crippen LogP contribution in [0.1, 0.15) is 31.1 Å². The lowest BCUT2D eigenvalue weighted by molar-refractivity contribution is -0.120. The molecule has 0 aliphatic carbocycles. The maximum atomic E-state index is 12.6. The second-order valence-electron chi connectivity index (χ2n) is 6.87. The van der Waals surface area contributed by atoms with Gasteiger partial charge in [0.2, 0.25) is 5.91 Å². The lowest BCUT2D eigenvalue weighted by Gasteiger charge is -2.24. The van der Waals surface area contributed by atoms with Gasteiger partial charge in [-0.15, -0.1) is 0 Å². The number of hydrogen-bond donors (Lipinski definition) is 1. The number of likely N-dealkylation sites (N-methyl/N-ethyl adjacent to an activating group) is 1. The van der Waals surface area contributed by atoms with E-state index < -0.39 is 0 Å². The van der Waals surface area contributed by atoms with Gasteiger partial charge in [-0.1, -0.05) is 24.3 Å². The molecule has 0 saturated carbocycles. The van der Waals surface area contributed by atoms with Gasteiger partial charge in [0.15, 0.2) is 0 Å². The summed E-state index contributed by atoms with van der Waals surface area (Å²) in [5.74, 6) is 0.654. The number of ether oxygens (including phenoxy) is 1. The zero-order chi connectivity index (χ0) is 21.2. The normalized spacial score (nSPS) is 11.8. The fourth-order valence-corrected chi connectivity index (χ4v) is 2.89. The van der Waals surface area contributed by atoms with Crippen molar-refractivity contribution in [1.82, 2.24) is 9.80 Å². The van der Waals surface area contributed by atoms with E-state index in [1.54, 1.807) is 29.2 Å². The van der Waals surface area contributed by atoms with Crippen molar-refractivity contribution in [2.45, 2.75) is 26.8 Å². The molecule has 1 unspecified atom stereocenters. The van der Waals surface area contributed by atoms with Crippen molar-refractivity contribution in [2.24, 2.45) is 0 Å². The van der Waals surface area contributed by atoms with Crippen LogP contribution in [0.3, 0.4) is 0 Å². The van der Waals surface area contributed by atoms with Crippen LogP contribution in [0.5, 0.6) is 5.75 Å². The van der Waals surface area contributed by atoms with Crippen LogP contribution in [-0.4, -0.2) is 60.9 Å². The fraction of sp³-hybridized carbons (Fsp3) is 0.391. The molecular weight excluding hydrogens is 366 g/mol. The summed E-state index contributed by atoms with van der Waals surface area (Å²) in [6.07, 6.45) is 0. The molecule has 0 saturated heterocycles. The highest BCUT2D eigenvalue weighted by Crippen LogP contribution is 2.14. The van der Waals surface area contributed by atoms with Crippen LogP contribution >= 0.6 is 0 Å². The Balaban J connectivity index is 1.89. The summed E-state index contributed by atoms with van der Waals surface area (Å²) >= 11 is 0. The molecule has 2 aromatic carbocycles. The Morgan fingerprint density at radius 2 is 1.72 bits per heavy atom. The van der Waals surface area contributed by atoms with Gasteiger partial charge in [-0.2, -0.15) is 0 Å². The van der Waals surface area contributed by atoms with Crippen molar-refractivity contribution >= 4 is 17.5 Å². The first-order valence-electron chi connectivity index (χ1n) is 10.0. The molecule has 2 rings (SSSR count). The van der Waals surface area contributed by atoms with Crippen molar-refractivity contribution in [3.63, 3.8) is 0 Å². The standard InChI is InChI=1S/C23H31N3O3/c1-5-26(6-2)23(28)19-11-10-12-20(17-19)24-22(27)18(3)25(4)15-16-29-21-13-8-7-9-14-21/h7-14,17-18H,5-6,15-16H2,1-4H3,(H,24,27). The molecule has 0 aromatic heterocycles. The minimum atomic E-state index is -0.337. The quantitative estimate of drug-likeness (QED) is 0.666. The summed E-state index contributed by atoms with van der Waals surface area (Å²) in [7, 11) is 1.89. The van der Waals surface area contributed by atoms with E-state index in [1.165, 1.54) is 0 Å². The number of carbonyl (C=O) groups is 2. The summed E-state index contributed by atoms with van der Waals surface area (Å²) in [6, 6.07) is 16.3. The van der Waals surface area contributed by atoms with Gasteiger partial charge in [-0.3, -0.25) is 14.5 Å². The zero-order valence-corrected chi connectivity index (χ0v) is 17.7. The lowest BCUT2D eigenvalue weighted by Crippen LogP contribution is -2.41. The molecule has 0 bridgehead atoms. The Morgan fingerprint density at radius 3 is 2.38 bits per heavy atom. The largest absolute Gasteiger partial charge is 0.492 e. The summed E-state index contributed by atoms with van der Waals surface area (Å²) in [4.78, 5) is 28.8. The molecule has 0 heterocycles. The van der Waals surface area contributed by atoms with Gasteiger partial charge in [-0.25, -0.2) is 0 Å². The second kappa shape index (κ2) is 11.2. The number of anilines is 1. The van der Waals surface area contributed by atoms with Crippen LogP contribution in [0.25, 0.3) is 0 Å². The number of nitrogens with zero attached hydrogens (tertiary/aromatic N) is 2. The first kappa shape index (κ1) is 22.4. The van der Waals surface area contributed by atoms with Crippen molar-refractivity contribution in [3.8, 4) is 5.75 Å². The first-order chi connectivity index (χ1) is 14.0. The van der Waals surface area contributed by atoms with Crippen LogP contribution in [0.4, 0.5) is 5.69 Å². The Bertz CT molecular complexity index is 791. The summed E-state index contributed by atoms with van der Waals surface area (Å²) in [5.41, 5.74) is 1.19. The Kier molecular flexibility index (Phi) is 8.68. The summed E-state index contributed by atoms with van der Waals surface area (Å²) in [5, 5.41) is 2.91. The number of nitrogens with one attached hydrogen (secondary N) is 1. The van der Waals surface area contributed by atoms with Crippen LogP contribution in [0, 0.1) is 0 Å². The molecule has 0 radical (unpaired) electrons. The number of benzene rings is 2. The van der Waals surface area contributed by atoms with E-state index in [1.807, 2.05) is 63.1 Å². The topological polar surface area (TPSA) is 61.9 Å². The molecule has 0 fully saturated rings. The Morgan fingerprint density at radius 1 is 1.03 bits per heavy atom. The molecule has 0 aliphatic rings. The molecule has 29 heavy (non-hydrogen) atoms. The van der Waals surface area contributed by atoms with Gasteiger partial charge in [0.25, 0.3) is 5.91 Å². The third kappa shape index (κ3) is 6.61. The summed E-state index contributed by atoms with van der Waals surface area (Å²) in [6.45, 7) is 8.16. The third-order valence-electron chi connectivity index (χ3n) is 4.92. The van der Waals surface area contributed by atoms with Gasteiger partial charge >= 0.3 is 0 Å². The smallest absolute Gasteiger partial charge is 0.253 e. The zero-order valence-electron chi connectivity index (χ0n) is 17.7. The second-order valence-corrected chi connectivity index (χ2v) is 6.87. The van der Waals surface area contributed by atoms with E-state index in [4.69, 9.17) is 4.74 Å². The maximum absolute atomic E-state index is 12.6. The average Bonchev–Trinajstić information content (AvgIpc) is 2.74. The number of amides is 2. The monoisotopic (exact) mass is 397 g/mol. The van der Waals surface area contributed by atoms with Gasteiger partial charge in [-0.05, 0) is 58.2 Å². The first-order valence-corrected chi connectivity index (χ1v) is 10.0. The molecule has 2 amide bonds. The van der Waals surface area contributed by atoms with Crippen molar-refractivity contribution < 1.29 is 14.3 Å². The van der Waals surface area contributed by atoms with E-state index >= 15 is 0 Å². The van der Waals surface area contributed by atoms with Crippen LogP contribution < -0.4 is 10.1 Å². The van der Waals surface area contributed by atoms with Gasteiger partial charge < -0.3 is 15.0 Å². The maximum Gasteiger partial charge on any atom is 0.253 e. The highest BCUT2D eigenvalue weighted by atomic mass is 16.5. The van der Waals surface area contributed by atoms with Crippen LogP contribution in [0.15, 0.2) is 54.6 Å². The molecule has 1 N–H and O–H groups in total. The van der Waals surface area contributed by atoms with E-state index in [-0.39, 0.29) is 17.9 Å². The molecule has 1 atom stereocenters. The Labute approximate surface area is 173 Å². The average molecular weight is 398 g/mol. The fourth-order valence-electron chi connectivity index (χ4n) is 2.89. The molecular formula is C23H31N3O3. The molecule has 6 heteroatoms. The number of rotatable bonds is 10. The summed E-state index contributed by atoms with van der Waals surface area (Å²) < 4.78 is 5.70. The molecule has 2 aromatic rings. The van der Waals surface area contributed by atoms with E-state index in [0.717, 1.165) is 5.75 Å². The van der Waals surface area contributed by atoms with Crippen molar-refractivity contribution in [1.29, 1.82) is 0 Å². The van der Waals surface area contributed by atoms with E-state index in [9.17, 15) is 9.59 Å². The van der Waals surface area contributed by atoms with Gasteiger partial charge in [0, 0.05) is 30.9 Å². The molecule has 6 nitrogen and oxygen atoms in total. The molecule has 0 aliphatic heterocycles. The predicted octanol–water partition coefficient (Wildman–Crippen LogP) is 3.51. The SMILES string of the molecule is CCN(CC)C(=O)c1cccc(NC(=O)C(C)N(C)CCOc2ccccc2)c1. The Hall–Kier alpha value is -2.86. The predicted molar refractivity (Wildman–Crippen MR) is 116 cm³/mol. The van der Waals surface area contributed by atoms with Crippen LogP contribution in [-0.2, 0) is 4.79 Å². The minimum absolute atomic E-state index is 0.0330. The highest BCUT2D eigenvalue weighted by Gasteiger charge is 2.19. The number of hydrogen-bond acceptors (Lipinski definition) is 4. The van der Waals surface area contributed by atoms with Gasteiger partial charge in [0.1, 0.15) is 12.4 Å². The number of para-hydroxylation sites is 1. The van der Waals surface area contributed by atoms with Crippen LogP contribution in [0.2, 0.25) is 0 Å². The third-order valence-corrected chi connectivity index (χ3v) is 4.92. The number of carbonyl (C=O) groups excluding carboxylic acids is 2. The van der Waals surface area contributed by atoms with E-state index in [2.05, 4.69) is 5.32 Å².